The summed E-state index contributed by atoms with van der Waals surface area (Å²) in [6.07, 6.45) is 2.11. The van der Waals surface area contributed by atoms with Gasteiger partial charge in [0.2, 0.25) is 0 Å². The van der Waals surface area contributed by atoms with Crippen molar-refractivity contribution in [3.8, 4) is 0 Å². The molecule has 2 nitrogen and oxygen atoms in total. The molecule has 0 N–H and O–H groups in total. The van der Waals surface area contributed by atoms with E-state index in [1.54, 1.807) is 13.8 Å². The van der Waals surface area contributed by atoms with Crippen LogP contribution in [0.5, 0.6) is 0 Å². The second-order valence-electron chi connectivity index (χ2n) is 2.96. The molecule has 0 aliphatic heterocycles. The molecule has 0 spiro atoms. The van der Waals surface area contributed by atoms with Gasteiger partial charge < -0.3 is 4.79 Å². The van der Waals surface area contributed by atoms with E-state index in [-0.39, 0.29) is 17.5 Å². The van der Waals surface area contributed by atoms with Gasteiger partial charge >= 0.3 is 0 Å². The number of carbonyl (C=O) groups excluding carboxylic acids is 2. The summed E-state index contributed by atoms with van der Waals surface area (Å²) in [4.78, 5) is 21.5. The molecule has 0 saturated heterocycles. The molecule has 0 aromatic rings. The fourth-order valence-electron chi connectivity index (χ4n) is 1.07. The van der Waals surface area contributed by atoms with E-state index >= 15 is 0 Å². The van der Waals surface area contributed by atoms with Crippen molar-refractivity contribution in [3.05, 3.63) is 0 Å². The minimum absolute atomic E-state index is 0.0962. The van der Waals surface area contributed by atoms with Crippen molar-refractivity contribution < 1.29 is 9.59 Å². The van der Waals surface area contributed by atoms with Crippen molar-refractivity contribution in [1.82, 2.24) is 0 Å². The smallest absolute Gasteiger partial charge is 0.132 e. The lowest BCUT2D eigenvalue weighted by molar-refractivity contribution is -0.121. The van der Waals surface area contributed by atoms with E-state index in [0.29, 0.717) is 6.42 Å². The van der Waals surface area contributed by atoms with Crippen LogP contribution in [0.15, 0.2) is 0 Å². The first-order valence-corrected chi connectivity index (χ1v) is 4.07. The molecule has 0 radical (unpaired) electrons. The van der Waals surface area contributed by atoms with E-state index in [1.165, 1.54) is 0 Å². The predicted molar refractivity (Wildman–Crippen MR) is 44.4 cm³/mol. The molecule has 0 saturated carbocycles. The summed E-state index contributed by atoms with van der Waals surface area (Å²) >= 11 is 0. The number of hydrogen-bond acceptors (Lipinski definition) is 2. The lowest BCUT2D eigenvalue weighted by atomic mass is 9.95. The Morgan fingerprint density at radius 1 is 1.27 bits per heavy atom. The lowest BCUT2D eigenvalue weighted by Gasteiger charge is -2.08. The summed E-state index contributed by atoms with van der Waals surface area (Å²) in [6, 6.07) is 0. The summed E-state index contributed by atoms with van der Waals surface area (Å²) in [5, 5.41) is 0. The van der Waals surface area contributed by atoms with E-state index in [0.717, 1.165) is 12.8 Å². The van der Waals surface area contributed by atoms with Gasteiger partial charge in [0.05, 0.1) is 0 Å². The van der Waals surface area contributed by atoms with E-state index in [2.05, 4.69) is 0 Å². The average Bonchev–Trinajstić information content (AvgIpc) is 1.87. The van der Waals surface area contributed by atoms with Gasteiger partial charge in [0.15, 0.2) is 0 Å². The summed E-state index contributed by atoms with van der Waals surface area (Å²) in [7, 11) is 0. The van der Waals surface area contributed by atoms with Gasteiger partial charge in [-0.3, -0.25) is 4.79 Å². The van der Waals surface area contributed by atoms with Crippen molar-refractivity contribution in [2.24, 2.45) is 5.92 Å². The third kappa shape index (κ3) is 4.71. The summed E-state index contributed by atoms with van der Waals surface area (Å²) < 4.78 is 0. The molecule has 0 rings (SSSR count). The topological polar surface area (TPSA) is 34.1 Å². The zero-order chi connectivity index (χ0) is 8.85. The van der Waals surface area contributed by atoms with Gasteiger partial charge in [-0.1, -0.05) is 6.92 Å². The van der Waals surface area contributed by atoms with Crippen LogP contribution in [0.4, 0.5) is 0 Å². The van der Waals surface area contributed by atoms with Crippen molar-refractivity contribution >= 4 is 11.6 Å². The van der Waals surface area contributed by atoms with Gasteiger partial charge in [0, 0.05) is 12.3 Å². The van der Waals surface area contributed by atoms with Crippen LogP contribution in [-0.4, -0.2) is 11.6 Å². The molecule has 1 atom stereocenters. The number of rotatable bonds is 5. The third-order valence-electron chi connectivity index (χ3n) is 1.91. The first kappa shape index (κ1) is 10.3. The fraction of sp³-hybridized carbons (Fsp3) is 0.778. The van der Waals surface area contributed by atoms with Crippen LogP contribution in [0.25, 0.3) is 0 Å². The molecule has 0 aromatic heterocycles. The molecule has 0 aliphatic carbocycles. The number of carbonyl (C=O) groups is 2. The van der Waals surface area contributed by atoms with Gasteiger partial charge in [0.25, 0.3) is 0 Å². The Hall–Kier alpha value is -0.660. The van der Waals surface area contributed by atoms with E-state index < -0.39 is 0 Å². The molecule has 0 heterocycles. The van der Waals surface area contributed by atoms with Crippen molar-refractivity contribution in [3.63, 3.8) is 0 Å². The van der Waals surface area contributed by atoms with Gasteiger partial charge in [-0.15, -0.1) is 0 Å². The van der Waals surface area contributed by atoms with Gasteiger partial charge in [-0.05, 0) is 26.7 Å². The monoisotopic (exact) mass is 156 g/mol. The molecule has 0 unspecified atom stereocenters. The SMILES string of the molecule is CC[C@@H](CCC(C)=O)C(C)=O. The highest BCUT2D eigenvalue weighted by Crippen LogP contribution is 2.11. The normalized spacial score (nSPS) is 12.6. The molecule has 0 aliphatic rings. The van der Waals surface area contributed by atoms with E-state index in [1.807, 2.05) is 6.92 Å². The molecule has 2 heteroatoms. The second kappa shape index (κ2) is 5.05. The second-order valence-corrected chi connectivity index (χ2v) is 2.96. The standard InChI is InChI=1S/C9H16O2/c1-4-9(8(3)11)6-5-7(2)10/h9H,4-6H2,1-3H3/t9-/m0/s1. The Balaban J connectivity index is 3.70. The van der Waals surface area contributed by atoms with Crippen LogP contribution in [-0.2, 0) is 9.59 Å². The third-order valence-corrected chi connectivity index (χ3v) is 1.91. The highest BCUT2D eigenvalue weighted by atomic mass is 16.1. The molecule has 11 heavy (non-hydrogen) atoms. The quantitative estimate of drug-likeness (QED) is 0.609. The zero-order valence-corrected chi connectivity index (χ0v) is 7.52. The van der Waals surface area contributed by atoms with E-state index in [4.69, 9.17) is 0 Å². The Kier molecular flexibility index (Phi) is 4.75. The predicted octanol–water partition coefficient (Wildman–Crippen LogP) is 1.97. The van der Waals surface area contributed by atoms with Crippen molar-refractivity contribution in [2.75, 3.05) is 0 Å². The molecule has 64 valence electrons. The molecule has 0 bridgehead atoms. The van der Waals surface area contributed by atoms with Crippen LogP contribution >= 0.6 is 0 Å². The van der Waals surface area contributed by atoms with Crippen LogP contribution < -0.4 is 0 Å². The molecule has 0 fully saturated rings. The Labute approximate surface area is 68.0 Å². The minimum Gasteiger partial charge on any atom is -0.300 e. The number of Topliss-reactive ketones (excluding diaryl/α,β-unsaturated/α-hetero) is 2. The summed E-state index contributed by atoms with van der Waals surface area (Å²) in [5.74, 6) is 0.470. The van der Waals surface area contributed by atoms with Crippen LogP contribution in [0.2, 0.25) is 0 Å². The van der Waals surface area contributed by atoms with Crippen LogP contribution in [0.3, 0.4) is 0 Å². The maximum atomic E-state index is 10.9. The highest BCUT2D eigenvalue weighted by Gasteiger charge is 2.11. The lowest BCUT2D eigenvalue weighted by Crippen LogP contribution is -2.10. The molecular weight excluding hydrogens is 140 g/mol. The van der Waals surface area contributed by atoms with Crippen molar-refractivity contribution in [2.45, 2.75) is 40.0 Å². The van der Waals surface area contributed by atoms with Crippen molar-refractivity contribution in [1.29, 1.82) is 0 Å². The van der Waals surface area contributed by atoms with Crippen LogP contribution in [0.1, 0.15) is 40.0 Å². The Morgan fingerprint density at radius 3 is 2.09 bits per heavy atom. The van der Waals surface area contributed by atoms with Gasteiger partial charge in [0.1, 0.15) is 11.6 Å². The maximum absolute atomic E-state index is 10.9. The van der Waals surface area contributed by atoms with Gasteiger partial charge in [-0.2, -0.15) is 0 Å². The number of ketones is 2. The fourth-order valence-corrected chi connectivity index (χ4v) is 1.07. The maximum Gasteiger partial charge on any atom is 0.132 e. The van der Waals surface area contributed by atoms with E-state index in [9.17, 15) is 9.59 Å². The number of hydrogen-bond donors (Lipinski definition) is 0. The first-order valence-electron chi connectivity index (χ1n) is 4.07. The Morgan fingerprint density at radius 2 is 1.82 bits per heavy atom. The molecular formula is C9H16O2. The summed E-state index contributed by atoms with van der Waals surface area (Å²) in [6.45, 7) is 5.13. The largest absolute Gasteiger partial charge is 0.300 e. The minimum atomic E-state index is 0.0962. The first-order chi connectivity index (χ1) is 5.07. The van der Waals surface area contributed by atoms with Crippen LogP contribution in [0, 0.1) is 5.92 Å². The molecule has 0 amide bonds. The zero-order valence-electron chi connectivity index (χ0n) is 7.52. The van der Waals surface area contributed by atoms with Gasteiger partial charge in [-0.25, -0.2) is 0 Å². The summed E-state index contributed by atoms with van der Waals surface area (Å²) in [5.41, 5.74) is 0. The Bertz CT molecular complexity index is 150. The molecule has 0 aromatic carbocycles. The average molecular weight is 156 g/mol. The highest BCUT2D eigenvalue weighted by molar-refractivity contribution is 5.80.